The first-order valence-electron chi connectivity index (χ1n) is 8.27. The summed E-state index contributed by atoms with van der Waals surface area (Å²) in [5.74, 6) is -1.52. The van der Waals surface area contributed by atoms with Gasteiger partial charge in [-0.05, 0) is 37.1 Å². The summed E-state index contributed by atoms with van der Waals surface area (Å²) >= 11 is 0. The zero-order valence-electron chi connectivity index (χ0n) is 14.5. The Kier molecular flexibility index (Phi) is 5.84. The molecule has 2 N–H and O–H groups in total. The lowest BCUT2D eigenvalue weighted by Gasteiger charge is -2.29. The predicted octanol–water partition coefficient (Wildman–Crippen LogP) is 1.84. The van der Waals surface area contributed by atoms with Gasteiger partial charge in [-0.1, -0.05) is 25.7 Å². The molecule has 1 aromatic rings. The molecule has 8 heteroatoms. The first kappa shape index (κ1) is 19.4. The number of carbonyl (C=O) groups excluding carboxylic acids is 1. The summed E-state index contributed by atoms with van der Waals surface area (Å²) in [5.41, 5.74) is -1.01. The van der Waals surface area contributed by atoms with Crippen molar-refractivity contribution in [2.45, 2.75) is 49.0 Å². The second kappa shape index (κ2) is 7.53. The first-order chi connectivity index (χ1) is 11.7. The second-order valence-corrected chi connectivity index (χ2v) is 8.72. The minimum atomic E-state index is -3.57. The molecule has 0 atom stereocenters. The molecule has 1 saturated carbocycles. The molecule has 25 heavy (non-hydrogen) atoms. The molecule has 1 fully saturated rings. The number of carboxylic acids is 1. The molecular formula is C17H24N2O5S. The Hall–Kier alpha value is -1.93. The van der Waals surface area contributed by atoms with Crippen LogP contribution < -0.4 is 5.32 Å². The van der Waals surface area contributed by atoms with Crippen LogP contribution in [0.15, 0.2) is 29.2 Å². The average Bonchev–Trinajstić information content (AvgIpc) is 2.81. The van der Waals surface area contributed by atoms with E-state index in [1.165, 1.54) is 38.4 Å². The molecule has 0 spiro atoms. The smallest absolute Gasteiger partial charge is 0.329 e. The van der Waals surface area contributed by atoms with Gasteiger partial charge in [0.05, 0.1) is 4.90 Å². The Morgan fingerprint density at radius 1 is 1.04 bits per heavy atom. The highest BCUT2D eigenvalue weighted by Crippen LogP contribution is 2.28. The fourth-order valence-electron chi connectivity index (χ4n) is 3.00. The van der Waals surface area contributed by atoms with E-state index in [0.29, 0.717) is 12.8 Å². The number of nitrogens with one attached hydrogen (secondary N) is 1. The van der Waals surface area contributed by atoms with E-state index in [1.54, 1.807) is 0 Å². The lowest BCUT2D eigenvalue weighted by atomic mass is 9.90. The van der Waals surface area contributed by atoms with Crippen LogP contribution in [0.4, 0.5) is 0 Å². The number of amides is 1. The van der Waals surface area contributed by atoms with E-state index in [-0.39, 0.29) is 10.5 Å². The van der Waals surface area contributed by atoms with Crippen molar-refractivity contribution >= 4 is 21.9 Å². The molecule has 7 nitrogen and oxygen atoms in total. The maximum atomic E-state index is 12.5. The van der Waals surface area contributed by atoms with Crippen LogP contribution in [0, 0.1) is 0 Å². The van der Waals surface area contributed by atoms with E-state index in [1.807, 2.05) is 0 Å². The highest BCUT2D eigenvalue weighted by Gasteiger charge is 2.40. The van der Waals surface area contributed by atoms with Crippen LogP contribution in [0.3, 0.4) is 0 Å². The number of carbonyl (C=O) groups is 2. The Morgan fingerprint density at radius 3 is 2.00 bits per heavy atom. The van der Waals surface area contributed by atoms with Crippen molar-refractivity contribution in [2.24, 2.45) is 0 Å². The second-order valence-electron chi connectivity index (χ2n) is 6.57. The molecular weight excluding hydrogens is 344 g/mol. The Morgan fingerprint density at radius 2 is 1.56 bits per heavy atom. The summed E-state index contributed by atoms with van der Waals surface area (Å²) in [7, 11) is -0.711. The van der Waals surface area contributed by atoms with Crippen molar-refractivity contribution in [3.05, 3.63) is 29.8 Å². The van der Waals surface area contributed by atoms with Crippen LogP contribution in [-0.2, 0) is 14.8 Å². The van der Waals surface area contributed by atoms with Gasteiger partial charge in [0.2, 0.25) is 10.0 Å². The number of sulfonamides is 1. The topological polar surface area (TPSA) is 104 Å². The van der Waals surface area contributed by atoms with E-state index in [4.69, 9.17) is 0 Å². The largest absolute Gasteiger partial charge is 0.480 e. The minimum Gasteiger partial charge on any atom is -0.480 e. The lowest BCUT2D eigenvalue weighted by molar-refractivity contribution is -0.145. The van der Waals surface area contributed by atoms with Crippen molar-refractivity contribution in [2.75, 3.05) is 14.1 Å². The maximum Gasteiger partial charge on any atom is 0.329 e. The van der Waals surface area contributed by atoms with Gasteiger partial charge in [0.1, 0.15) is 5.54 Å². The number of rotatable bonds is 5. The quantitative estimate of drug-likeness (QED) is 0.772. The number of aliphatic carboxylic acids is 1. The van der Waals surface area contributed by atoms with E-state index in [2.05, 4.69) is 5.32 Å². The molecule has 1 aliphatic rings. The molecule has 0 unspecified atom stereocenters. The standard InChI is InChI=1S/C17H24N2O5S/c1-19(2)25(23,24)14-9-7-13(8-10-14)15(20)18-17(16(21)22)11-5-3-4-6-12-17/h7-10H,3-6,11-12H2,1-2H3,(H,18,20)(H,21,22). The highest BCUT2D eigenvalue weighted by molar-refractivity contribution is 7.89. The minimum absolute atomic E-state index is 0.0801. The molecule has 0 aromatic heterocycles. The molecule has 138 valence electrons. The molecule has 2 rings (SSSR count). The van der Waals surface area contributed by atoms with Gasteiger partial charge >= 0.3 is 5.97 Å². The van der Waals surface area contributed by atoms with Gasteiger partial charge in [0, 0.05) is 19.7 Å². The summed E-state index contributed by atoms with van der Waals surface area (Å²) in [4.78, 5) is 24.3. The Bertz CT molecular complexity index is 733. The van der Waals surface area contributed by atoms with Gasteiger partial charge in [-0.15, -0.1) is 0 Å². The maximum absolute atomic E-state index is 12.5. The third kappa shape index (κ3) is 4.19. The molecule has 0 saturated heterocycles. The Balaban J connectivity index is 2.21. The van der Waals surface area contributed by atoms with Gasteiger partial charge < -0.3 is 10.4 Å². The number of nitrogens with zero attached hydrogens (tertiary/aromatic N) is 1. The van der Waals surface area contributed by atoms with Crippen LogP contribution in [0.25, 0.3) is 0 Å². The molecule has 1 aromatic carbocycles. The van der Waals surface area contributed by atoms with E-state index >= 15 is 0 Å². The number of benzene rings is 1. The third-order valence-corrected chi connectivity index (χ3v) is 6.44. The van der Waals surface area contributed by atoms with E-state index < -0.39 is 27.4 Å². The van der Waals surface area contributed by atoms with Crippen LogP contribution in [0.1, 0.15) is 48.9 Å². The summed E-state index contributed by atoms with van der Waals surface area (Å²) < 4.78 is 25.2. The summed E-state index contributed by atoms with van der Waals surface area (Å²) in [5, 5.41) is 12.3. The highest BCUT2D eigenvalue weighted by atomic mass is 32.2. The van der Waals surface area contributed by atoms with Crippen LogP contribution in [-0.4, -0.2) is 49.3 Å². The summed E-state index contributed by atoms with van der Waals surface area (Å²) in [6.45, 7) is 0. The zero-order valence-corrected chi connectivity index (χ0v) is 15.3. The molecule has 1 amide bonds. The normalized spacial score (nSPS) is 17.7. The molecule has 1 aliphatic carbocycles. The van der Waals surface area contributed by atoms with Gasteiger partial charge in [-0.2, -0.15) is 0 Å². The lowest BCUT2D eigenvalue weighted by Crippen LogP contribution is -2.54. The van der Waals surface area contributed by atoms with Crippen LogP contribution in [0.2, 0.25) is 0 Å². The molecule has 0 bridgehead atoms. The monoisotopic (exact) mass is 368 g/mol. The summed E-state index contributed by atoms with van der Waals surface area (Å²) in [6, 6.07) is 5.51. The fraction of sp³-hybridized carbons (Fsp3) is 0.529. The zero-order chi connectivity index (χ0) is 18.7. The number of hydrogen-bond acceptors (Lipinski definition) is 4. The van der Waals surface area contributed by atoms with Crippen LogP contribution >= 0.6 is 0 Å². The van der Waals surface area contributed by atoms with Gasteiger partial charge in [-0.25, -0.2) is 17.5 Å². The fourth-order valence-corrected chi connectivity index (χ4v) is 3.90. The number of hydrogen-bond donors (Lipinski definition) is 2. The summed E-state index contributed by atoms with van der Waals surface area (Å²) in [6.07, 6.45) is 4.24. The SMILES string of the molecule is CN(C)S(=O)(=O)c1ccc(C(=O)NC2(C(=O)O)CCCCCC2)cc1. The molecule has 0 aliphatic heterocycles. The first-order valence-corrected chi connectivity index (χ1v) is 9.71. The van der Waals surface area contributed by atoms with Crippen LogP contribution in [0.5, 0.6) is 0 Å². The van der Waals surface area contributed by atoms with Gasteiger partial charge in [0.15, 0.2) is 0 Å². The van der Waals surface area contributed by atoms with Crippen molar-refractivity contribution in [1.29, 1.82) is 0 Å². The predicted molar refractivity (Wildman–Crippen MR) is 92.8 cm³/mol. The number of carboxylic acid groups (broad SMARTS) is 1. The Labute approximate surface area is 148 Å². The van der Waals surface area contributed by atoms with Crippen molar-refractivity contribution in [3.8, 4) is 0 Å². The third-order valence-electron chi connectivity index (χ3n) is 4.61. The van der Waals surface area contributed by atoms with E-state index in [0.717, 1.165) is 30.0 Å². The molecule has 0 heterocycles. The average molecular weight is 368 g/mol. The van der Waals surface area contributed by atoms with Crippen molar-refractivity contribution in [1.82, 2.24) is 9.62 Å². The van der Waals surface area contributed by atoms with Gasteiger partial charge in [-0.3, -0.25) is 4.79 Å². The van der Waals surface area contributed by atoms with Gasteiger partial charge in [0.25, 0.3) is 5.91 Å². The van der Waals surface area contributed by atoms with E-state index in [9.17, 15) is 23.1 Å². The van der Waals surface area contributed by atoms with Crippen molar-refractivity contribution in [3.63, 3.8) is 0 Å². The molecule has 0 radical (unpaired) electrons. The van der Waals surface area contributed by atoms with Crippen molar-refractivity contribution < 1.29 is 23.1 Å².